The molecular weight excluding hydrogens is 390 g/mol. The summed E-state index contributed by atoms with van der Waals surface area (Å²) in [4.78, 5) is 26.0. The molecule has 29 heavy (non-hydrogen) atoms. The summed E-state index contributed by atoms with van der Waals surface area (Å²) in [6.07, 6.45) is 1.28. The van der Waals surface area contributed by atoms with E-state index in [1.54, 1.807) is 0 Å². The van der Waals surface area contributed by atoms with E-state index in [0.29, 0.717) is 31.6 Å². The van der Waals surface area contributed by atoms with Crippen molar-refractivity contribution in [1.82, 2.24) is 4.90 Å². The van der Waals surface area contributed by atoms with Gasteiger partial charge in [-0.15, -0.1) is 0 Å². The van der Waals surface area contributed by atoms with E-state index >= 15 is 0 Å². The maximum absolute atomic E-state index is 13.5. The van der Waals surface area contributed by atoms with Gasteiger partial charge >= 0.3 is 12.1 Å². The molecule has 0 saturated carbocycles. The van der Waals surface area contributed by atoms with Gasteiger partial charge in [-0.05, 0) is 37.5 Å². The fourth-order valence-electron chi connectivity index (χ4n) is 3.37. The van der Waals surface area contributed by atoms with Crippen molar-refractivity contribution < 1.29 is 31.9 Å². The van der Waals surface area contributed by atoms with Crippen LogP contribution in [0.25, 0.3) is 0 Å². The van der Waals surface area contributed by atoms with Crippen LogP contribution in [0, 0.1) is 11.7 Å². The van der Waals surface area contributed by atoms with E-state index < -0.39 is 23.5 Å². The Labute approximate surface area is 168 Å². The maximum Gasteiger partial charge on any atom is 0.416 e. The van der Waals surface area contributed by atoms with Crippen LogP contribution in [0.3, 0.4) is 0 Å². The van der Waals surface area contributed by atoms with Gasteiger partial charge in [0.1, 0.15) is 5.82 Å². The van der Waals surface area contributed by atoms with Gasteiger partial charge in [0.25, 0.3) is 5.91 Å². The number of halogens is 4. The van der Waals surface area contributed by atoms with Crippen LogP contribution in [0.2, 0.25) is 0 Å². The van der Waals surface area contributed by atoms with Crippen LogP contribution < -0.4 is 0 Å². The molecule has 0 unspecified atom stereocenters. The lowest BCUT2D eigenvalue weighted by Crippen LogP contribution is -2.40. The molecule has 1 aliphatic heterocycles. The number of esters is 1. The van der Waals surface area contributed by atoms with Gasteiger partial charge in [-0.1, -0.05) is 32.6 Å². The van der Waals surface area contributed by atoms with Crippen molar-refractivity contribution in [3.8, 4) is 0 Å². The lowest BCUT2D eigenvalue weighted by Gasteiger charge is -2.31. The SMILES string of the molecule is CCCCCCCOC(=O)C1CCN(C(=O)c2cc(F)cc(C(F)(F)F)c2)CC1. The van der Waals surface area contributed by atoms with Gasteiger partial charge < -0.3 is 9.64 Å². The van der Waals surface area contributed by atoms with Gasteiger partial charge in [0.05, 0.1) is 18.1 Å². The van der Waals surface area contributed by atoms with Crippen molar-refractivity contribution in [2.24, 2.45) is 5.92 Å². The number of likely N-dealkylation sites (tertiary alicyclic amines) is 1. The first-order valence-corrected chi connectivity index (χ1v) is 10.1. The standard InChI is InChI=1S/C21H27F4NO3/c1-2-3-4-5-6-11-29-20(28)15-7-9-26(10-8-15)19(27)16-12-17(21(23,24)25)14-18(22)13-16/h12-15H,2-11H2,1H3. The van der Waals surface area contributed by atoms with Gasteiger partial charge in [0, 0.05) is 18.7 Å². The number of rotatable bonds is 8. The molecule has 1 aliphatic rings. The number of alkyl halides is 3. The second-order valence-corrected chi connectivity index (χ2v) is 7.37. The second kappa shape index (κ2) is 10.6. The molecular formula is C21H27F4NO3. The fourth-order valence-corrected chi connectivity index (χ4v) is 3.37. The molecule has 0 radical (unpaired) electrons. The molecule has 1 aromatic rings. The second-order valence-electron chi connectivity index (χ2n) is 7.37. The Balaban J connectivity index is 1.84. The van der Waals surface area contributed by atoms with E-state index in [-0.39, 0.29) is 30.5 Å². The lowest BCUT2D eigenvalue weighted by molar-refractivity contribution is -0.150. The van der Waals surface area contributed by atoms with Crippen molar-refractivity contribution >= 4 is 11.9 Å². The fraction of sp³-hybridized carbons (Fsp3) is 0.619. The molecule has 2 rings (SSSR count). The number of carbonyl (C=O) groups is 2. The number of hydrogen-bond donors (Lipinski definition) is 0. The molecule has 0 N–H and O–H groups in total. The number of ether oxygens (including phenoxy) is 1. The quantitative estimate of drug-likeness (QED) is 0.331. The van der Waals surface area contributed by atoms with Crippen molar-refractivity contribution in [3.63, 3.8) is 0 Å². The van der Waals surface area contributed by atoms with E-state index in [2.05, 4.69) is 6.92 Å². The molecule has 0 atom stereocenters. The minimum absolute atomic E-state index is 0.215. The maximum atomic E-state index is 13.5. The molecule has 162 valence electrons. The number of unbranched alkanes of at least 4 members (excludes halogenated alkanes) is 4. The van der Waals surface area contributed by atoms with Crippen molar-refractivity contribution in [2.45, 2.75) is 58.0 Å². The molecule has 1 fully saturated rings. The van der Waals surface area contributed by atoms with Crippen LogP contribution in [-0.2, 0) is 15.7 Å². The van der Waals surface area contributed by atoms with Crippen molar-refractivity contribution in [1.29, 1.82) is 0 Å². The predicted octanol–water partition coefficient (Wildman–Crippen LogP) is 5.21. The molecule has 8 heteroatoms. The van der Waals surface area contributed by atoms with Crippen LogP contribution >= 0.6 is 0 Å². The zero-order chi connectivity index (χ0) is 21.4. The number of benzene rings is 1. The normalized spacial score (nSPS) is 15.4. The van der Waals surface area contributed by atoms with Gasteiger partial charge in [-0.25, -0.2) is 4.39 Å². The summed E-state index contributed by atoms with van der Waals surface area (Å²) in [5.74, 6) is -2.40. The highest BCUT2D eigenvalue weighted by molar-refractivity contribution is 5.94. The summed E-state index contributed by atoms with van der Waals surface area (Å²) in [5.41, 5.74) is -1.54. The molecule has 1 aromatic carbocycles. The molecule has 1 heterocycles. The topological polar surface area (TPSA) is 46.6 Å². The van der Waals surface area contributed by atoms with Crippen LogP contribution in [-0.4, -0.2) is 36.5 Å². The van der Waals surface area contributed by atoms with E-state index in [4.69, 9.17) is 4.74 Å². The Hall–Kier alpha value is -2.12. The first-order chi connectivity index (χ1) is 13.7. The average molecular weight is 417 g/mol. The van der Waals surface area contributed by atoms with E-state index in [1.165, 1.54) is 4.90 Å². The minimum atomic E-state index is -4.73. The van der Waals surface area contributed by atoms with E-state index in [9.17, 15) is 27.2 Å². The van der Waals surface area contributed by atoms with Gasteiger partial charge in [0.2, 0.25) is 0 Å². The van der Waals surface area contributed by atoms with Gasteiger partial charge in [-0.2, -0.15) is 13.2 Å². The van der Waals surface area contributed by atoms with Gasteiger partial charge in [0.15, 0.2) is 0 Å². The number of amides is 1. The zero-order valence-corrected chi connectivity index (χ0v) is 16.6. The van der Waals surface area contributed by atoms with Crippen molar-refractivity contribution in [2.75, 3.05) is 19.7 Å². The number of carbonyl (C=O) groups excluding carboxylic acids is 2. The Morgan fingerprint density at radius 3 is 2.34 bits per heavy atom. The zero-order valence-electron chi connectivity index (χ0n) is 16.6. The Morgan fingerprint density at radius 1 is 1.07 bits per heavy atom. The van der Waals surface area contributed by atoms with Crippen LogP contribution in [0.4, 0.5) is 17.6 Å². The molecule has 1 saturated heterocycles. The Kier molecular flexibility index (Phi) is 8.46. The number of nitrogens with zero attached hydrogens (tertiary/aromatic N) is 1. The Bertz CT molecular complexity index is 698. The molecule has 0 bridgehead atoms. The summed E-state index contributed by atoms with van der Waals surface area (Å²) >= 11 is 0. The lowest BCUT2D eigenvalue weighted by atomic mass is 9.96. The summed E-state index contributed by atoms with van der Waals surface area (Å²) < 4.78 is 57.3. The summed E-state index contributed by atoms with van der Waals surface area (Å²) in [6.45, 7) is 2.94. The molecule has 4 nitrogen and oxygen atoms in total. The van der Waals surface area contributed by atoms with E-state index in [0.717, 1.165) is 38.2 Å². The average Bonchev–Trinajstić information content (AvgIpc) is 2.69. The van der Waals surface area contributed by atoms with Crippen LogP contribution in [0.1, 0.15) is 67.8 Å². The largest absolute Gasteiger partial charge is 0.465 e. The van der Waals surface area contributed by atoms with Crippen LogP contribution in [0.5, 0.6) is 0 Å². The first-order valence-electron chi connectivity index (χ1n) is 10.1. The van der Waals surface area contributed by atoms with Gasteiger partial charge in [-0.3, -0.25) is 9.59 Å². The highest BCUT2D eigenvalue weighted by Crippen LogP contribution is 2.31. The molecule has 1 amide bonds. The molecule has 0 aromatic heterocycles. The molecule has 0 spiro atoms. The molecule has 0 aliphatic carbocycles. The number of piperidine rings is 1. The summed E-state index contributed by atoms with van der Waals surface area (Å²) in [7, 11) is 0. The highest BCUT2D eigenvalue weighted by atomic mass is 19.4. The van der Waals surface area contributed by atoms with E-state index in [1.807, 2.05) is 0 Å². The predicted molar refractivity (Wildman–Crippen MR) is 99.7 cm³/mol. The van der Waals surface area contributed by atoms with Crippen molar-refractivity contribution in [3.05, 3.63) is 35.1 Å². The third-order valence-corrected chi connectivity index (χ3v) is 5.08. The summed E-state index contributed by atoms with van der Waals surface area (Å²) in [5, 5.41) is 0. The minimum Gasteiger partial charge on any atom is -0.465 e. The number of hydrogen-bond acceptors (Lipinski definition) is 3. The smallest absolute Gasteiger partial charge is 0.416 e. The monoisotopic (exact) mass is 417 g/mol. The highest BCUT2D eigenvalue weighted by Gasteiger charge is 2.33. The first kappa shape index (κ1) is 23.2. The summed E-state index contributed by atoms with van der Waals surface area (Å²) in [6, 6.07) is 1.82. The Morgan fingerprint density at radius 2 is 1.72 bits per heavy atom. The third kappa shape index (κ3) is 7.01. The third-order valence-electron chi connectivity index (χ3n) is 5.08. The van der Waals surface area contributed by atoms with Crippen LogP contribution in [0.15, 0.2) is 18.2 Å².